The van der Waals surface area contributed by atoms with Crippen molar-refractivity contribution in [3.8, 4) is 0 Å². The molecule has 0 atom stereocenters. The molecule has 0 aromatic heterocycles. The highest BCUT2D eigenvalue weighted by molar-refractivity contribution is 5.73. The van der Waals surface area contributed by atoms with Crippen molar-refractivity contribution in [3.63, 3.8) is 0 Å². The van der Waals surface area contributed by atoms with Crippen LogP contribution in [0.5, 0.6) is 0 Å². The Hall–Kier alpha value is -0.610. The summed E-state index contributed by atoms with van der Waals surface area (Å²) in [5.74, 6) is -0.231. The molecular formula is C10H22N2O2. The van der Waals surface area contributed by atoms with Crippen molar-refractivity contribution in [1.29, 1.82) is 0 Å². The summed E-state index contributed by atoms with van der Waals surface area (Å²) in [6, 6.07) is 0. The van der Waals surface area contributed by atoms with Crippen molar-refractivity contribution >= 4 is 5.91 Å². The lowest BCUT2D eigenvalue weighted by molar-refractivity contribution is -0.118. The van der Waals surface area contributed by atoms with Gasteiger partial charge in [0.05, 0.1) is 6.61 Å². The molecule has 0 spiro atoms. The third kappa shape index (κ3) is 11.4. The summed E-state index contributed by atoms with van der Waals surface area (Å²) < 4.78 is 5.35. The number of rotatable bonds is 10. The summed E-state index contributed by atoms with van der Waals surface area (Å²) >= 11 is 0. The van der Waals surface area contributed by atoms with E-state index in [-0.39, 0.29) is 5.91 Å². The van der Waals surface area contributed by atoms with Crippen LogP contribution in [0, 0.1) is 0 Å². The molecule has 0 aliphatic heterocycles. The van der Waals surface area contributed by atoms with E-state index >= 15 is 0 Å². The molecule has 0 radical (unpaired) electrons. The Morgan fingerprint density at radius 1 is 1.29 bits per heavy atom. The van der Waals surface area contributed by atoms with E-state index in [2.05, 4.69) is 12.2 Å². The lowest BCUT2D eigenvalue weighted by Crippen LogP contribution is -2.22. The average molecular weight is 202 g/mol. The second-order valence-corrected chi connectivity index (χ2v) is 3.29. The summed E-state index contributed by atoms with van der Waals surface area (Å²) in [5.41, 5.74) is 5.00. The molecule has 4 heteroatoms. The van der Waals surface area contributed by atoms with Gasteiger partial charge < -0.3 is 15.8 Å². The Labute approximate surface area is 86.2 Å². The maximum absolute atomic E-state index is 10.4. The fourth-order valence-corrected chi connectivity index (χ4v) is 1.01. The van der Waals surface area contributed by atoms with E-state index in [0.717, 1.165) is 39.1 Å². The summed E-state index contributed by atoms with van der Waals surface area (Å²) in [6.45, 7) is 5.42. The molecule has 84 valence electrons. The summed E-state index contributed by atoms with van der Waals surface area (Å²) in [7, 11) is 0. The second-order valence-electron chi connectivity index (χ2n) is 3.29. The Bertz CT molecular complexity index is 140. The van der Waals surface area contributed by atoms with Crippen molar-refractivity contribution in [2.45, 2.75) is 32.6 Å². The van der Waals surface area contributed by atoms with E-state index < -0.39 is 0 Å². The Balaban J connectivity index is 2.88. The molecule has 0 fully saturated rings. The molecule has 0 aromatic rings. The van der Waals surface area contributed by atoms with Crippen LogP contribution in [0.3, 0.4) is 0 Å². The van der Waals surface area contributed by atoms with Gasteiger partial charge in [-0.2, -0.15) is 0 Å². The van der Waals surface area contributed by atoms with Crippen LogP contribution in [0.15, 0.2) is 0 Å². The molecule has 4 nitrogen and oxygen atoms in total. The number of hydrogen-bond donors (Lipinski definition) is 2. The molecule has 0 saturated carbocycles. The zero-order valence-electron chi connectivity index (χ0n) is 9.05. The first-order chi connectivity index (χ1) is 6.77. The Morgan fingerprint density at radius 3 is 2.71 bits per heavy atom. The average Bonchev–Trinajstić information content (AvgIpc) is 2.15. The van der Waals surface area contributed by atoms with Gasteiger partial charge in [-0.1, -0.05) is 13.3 Å². The van der Waals surface area contributed by atoms with Crippen LogP contribution in [0.1, 0.15) is 32.6 Å². The van der Waals surface area contributed by atoms with Crippen LogP contribution in [-0.4, -0.2) is 32.2 Å². The van der Waals surface area contributed by atoms with Crippen molar-refractivity contribution in [2.75, 3.05) is 26.3 Å². The molecule has 0 aromatic carbocycles. The first kappa shape index (κ1) is 13.4. The first-order valence-electron chi connectivity index (χ1n) is 5.34. The number of nitrogens with two attached hydrogens (primary N) is 1. The predicted molar refractivity (Wildman–Crippen MR) is 57.0 cm³/mol. The molecule has 0 heterocycles. The molecule has 0 unspecified atom stereocenters. The van der Waals surface area contributed by atoms with Gasteiger partial charge >= 0.3 is 0 Å². The lowest BCUT2D eigenvalue weighted by atomic mass is 10.3. The van der Waals surface area contributed by atoms with Crippen molar-refractivity contribution in [3.05, 3.63) is 0 Å². The van der Waals surface area contributed by atoms with Gasteiger partial charge in [0.2, 0.25) is 5.91 Å². The topological polar surface area (TPSA) is 64.3 Å². The molecule has 14 heavy (non-hydrogen) atoms. The van der Waals surface area contributed by atoms with Gasteiger partial charge in [-0.25, -0.2) is 0 Å². The largest absolute Gasteiger partial charge is 0.380 e. The monoisotopic (exact) mass is 202 g/mol. The third-order valence-corrected chi connectivity index (χ3v) is 1.84. The Morgan fingerprint density at radius 2 is 2.07 bits per heavy atom. The second kappa shape index (κ2) is 10.5. The number of amides is 1. The number of ether oxygens (including phenoxy) is 1. The number of carbonyl (C=O) groups is 1. The van der Waals surface area contributed by atoms with Gasteiger partial charge in [0.1, 0.15) is 0 Å². The maximum Gasteiger partial charge on any atom is 0.217 e. The van der Waals surface area contributed by atoms with Gasteiger partial charge in [-0.15, -0.1) is 0 Å². The van der Waals surface area contributed by atoms with Crippen molar-refractivity contribution in [2.24, 2.45) is 5.73 Å². The maximum atomic E-state index is 10.4. The van der Waals surface area contributed by atoms with Crippen LogP contribution in [0.25, 0.3) is 0 Å². The van der Waals surface area contributed by atoms with Gasteiger partial charge in [0, 0.05) is 19.6 Å². The Kier molecular flexibility index (Phi) is 10.0. The first-order valence-corrected chi connectivity index (χ1v) is 5.34. The van der Waals surface area contributed by atoms with Gasteiger partial charge in [0.25, 0.3) is 0 Å². The number of primary amides is 1. The summed E-state index contributed by atoms with van der Waals surface area (Å²) in [6.07, 6.45) is 3.57. The molecule has 0 aliphatic carbocycles. The smallest absolute Gasteiger partial charge is 0.217 e. The fourth-order valence-electron chi connectivity index (χ4n) is 1.01. The van der Waals surface area contributed by atoms with Crippen LogP contribution >= 0.6 is 0 Å². The summed E-state index contributed by atoms with van der Waals surface area (Å²) in [4.78, 5) is 10.4. The normalized spacial score (nSPS) is 10.4. The molecule has 0 aliphatic rings. The number of carbonyl (C=O) groups excluding carboxylic acids is 1. The standard InChI is InChI=1S/C10H22N2O2/c1-2-3-8-14-9-7-12-6-4-5-10(11)13/h12H,2-9H2,1H3,(H2,11,13). The minimum absolute atomic E-state index is 0.231. The minimum atomic E-state index is -0.231. The van der Waals surface area contributed by atoms with Crippen molar-refractivity contribution in [1.82, 2.24) is 5.32 Å². The van der Waals surface area contributed by atoms with E-state index in [4.69, 9.17) is 10.5 Å². The van der Waals surface area contributed by atoms with E-state index in [9.17, 15) is 4.79 Å². The number of unbranched alkanes of at least 4 members (excludes halogenated alkanes) is 1. The van der Waals surface area contributed by atoms with Crippen LogP contribution in [-0.2, 0) is 9.53 Å². The molecule has 3 N–H and O–H groups in total. The highest BCUT2D eigenvalue weighted by Gasteiger charge is 1.93. The van der Waals surface area contributed by atoms with Crippen LogP contribution in [0.4, 0.5) is 0 Å². The fraction of sp³-hybridized carbons (Fsp3) is 0.900. The molecule has 0 saturated heterocycles. The molecule has 0 bridgehead atoms. The van der Waals surface area contributed by atoms with Gasteiger partial charge in [-0.3, -0.25) is 4.79 Å². The number of hydrogen-bond acceptors (Lipinski definition) is 3. The highest BCUT2D eigenvalue weighted by atomic mass is 16.5. The molecule has 1 amide bonds. The van der Waals surface area contributed by atoms with Crippen LogP contribution in [0.2, 0.25) is 0 Å². The minimum Gasteiger partial charge on any atom is -0.380 e. The highest BCUT2D eigenvalue weighted by Crippen LogP contribution is 1.87. The SMILES string of the molecule is CCCCOCCNCCCC(N)=O. The molecular weight excluding hydrogens is 180 g/mol. The van der Waals surface area contributed by atoms with Gasteiger partial charge in [-0.05, 0) is 19.4 Å². The number of nitrogens with one attached hydrogen (secondary N) is 1. The van der Waals surface area contributed by atoms with E-state index in [0.29, 0.717) is 6.42 Å². The van der Waals surface area contributed by atoms with E-state index in [1.807, 2.05) is 0 Å². The van der Waals surface area contributed by atoms with E-state index in [1.54, 1.807) is 0 Å². The van der Waals surface area contributed by atoms with Crippen molar-refractivity contribution < 1.29 is 9.53 Å². The third-order valence-electron chi connectivity index (χ3n) is 1.84. The van der Waals surface area contributed by atoms with E-state index in [1.165, 1.54) is 6.42 Å². The quantitative estimate of drug-likeness (QED) is 0.511. The van der Waals surface area contributed by atoms with Crippen LogP contribution < -0.4 is 11.1 Å². The zero-order valence-corrected chi connectivity index (χ0v) is 9.05. The lowest BCUT2D eigenvalue weighted by Gasteiger charge is -2.04. The predicted octanol–water partition coefficient (Wildman–Crippen LogP) is 0.658. The molecule has 0 rings (SSSR count). The van der Waals surface area contributed by atoms with Gasteiger partial charge in [0.15, 0.2) is 0 Å². The zero-order chi connectivity index (χ0) is 10.6. The summed E-state index contributed by atoms with van der Waals surface area (Å²) in [5, 5.41) is 3.18.